The molecule has 1 aliphatic heterocycles. The molecule has 2 heterocycles. The van der Waals surface area contributed by atoms with Crippen LogP contribution in [0.5, 0.6) is 0 Å². The van der Waals surface area contributed by atoms with Crippen LogP contribution in [-0.4, -0.2) is 20.6 Å². The molecule has 1 atom stereocenters. The third kappa shape index (κ3) is 3.31. The van der Waals surface area contributed by atoms with Gasteiger partial charge in [-0.05, 0) is 30.9 Å². The maximum atomic E-state index is 11.6. The van der Waals surface area contributed by atoms with Gasteiger partial charge in [-0.2, -0.15) is 0 Å². The molecule has 1 aliphatic rings. The predicted octanol–water partition coefficient (Wildman–Crippen LogP) is 3.79. The Bertz CT molecular complexity index is 690. The van der Waals surface area contributed by atoms with Crippen molar-refractivity contribution in [2.45, 2.75) is 51.9 Å². The van der Waals surface area contributed by atoms with E-state index in [4.69, 9.17) is 0 Å². The van der Waals surface area contributed by atoms with Crippen molar-refractivity contribution >= 4 is 5.97 Å². The van der Waals surface area contributed by atoms with E-state index in [1.54, 1.807) is 0 Å². The number of aryl methyl sites for hydroxylation is 1. The lowest BCUT2D eigenvalue weighted by molar-refractivity contribution is -0.142. The minimum absolute atomic E-state index is 0.321. The highest BCUT2D eigenvalue weighted by Gasteiger charge is 2.24. The number of benzene rings is 1. The van der Waals surface area contributed by atoms with Crippen molar-refractivity contribution in [1.82, 2.24) is 9.55 Å². The molecule has 3 rings (SSSR count). The van der Waals surface area contributed by atoms with Gasteiger partial charge in [-0.1, -0.05) is 44.4 Å². The Kier molecular flexibility index (Phi) is 4.79. The van der Waals surface area contributed by atoms with Gasteiger partial charge in [0, 0.05) is 17.8 Å². The number of carboxylic acids is 1. The van der Waals surface area contributed by atoms with Gasteiger partial charge in [0.05, 0.1) is 17.9 Å². The van der Waals surface area contributed by atoms with Crippen molar-refractivity contribution in [2.75, 3.05) is 0 Å². The van der Waals surface area contributed by atoms with E-state index in [1.807, 2.05) is 12.4 Å². The van der Waals surface area contributed by atoms with Crippen molar-refractivity contribution in [3.8, 4) is 5.69 Å². The van der Waals surface area contributed by atoms with Gasteiger partial charge in [-0.15, -0.1) is 0 Å². The lowest BCUT2D eigenvalue weighted by Crippen LogP contribution is -2.19. The fourth-order valence-electron chi connectivity index (χ4n) is 3.45. The van der Waals surface area contributed by atoms with E-state index in [0.29, 0.717) is 6.42 Å². The van der Waals surface area contributed by atoms with Gasteiger partial charge in [-0.3, -0.25) is 4.79 Å². The molecule has 0 fully saturated rings. The Morgan fingerprint density at radius 2 is 2.13 bits per heavy atom. The molecule has 0 aliphatic carbocycles. The maximum Gasteiger partial charge on any atom is 0.306 e. The van der Waals surface area contributed by atoms with Crippen molar-refractivity contribution in [2.24, 2.45) is 5.92 Å². The van der Waals surface area contributed by atoms with E-state index in [1.165, 1.54) is 16.9 Å². The van der Waals surface area contributed by atoms with Crippen LogP contribution in [0.3, 0.4) is 0 Å². The minimum Gasteiger partial charge on any atom is -0.481 e. The van der Waals surface area contributed by atoms with E-state index in [2.05, 4.69) is 34.7 Å². The van der Waals surface area contributed by atoms with Gasteiger partial charge in [0.15, 0.2) is 0 Å². The highest BCUT2D eigenvalue weighted by Crippen LogP contribution is 2.28. The summed E-state index contributed by atoms with van der Waals surface area (Å²) >= 11 is 0. The number of hydrogen-bond acceptors (Lipinski definition) is 2. The molecule has 4 heteroatoms. The first kappa shape index (κ1) is 15.8. The first-order chi connectivity index (χ1) is 11.2. The lowest BCUT2D eigenvalue weighted by Gasteiger charge is -2.20. The van der Waals surface area contributed by atoms with Crippen LogP contribution in [0.25, 0.3) is 5.69 Å². The van der Waals surface area contributed by atoms with E-state index >= 15 is 0 Å². The van der Waals surface area contributed by atoms with Gasteiger partial charge >= 0.3 is 5.97 Å². The van der Waals surface area contributed by atoms with Crippen LogP contribution in [0, 0.1) is 5.92 Å². The fraction of sp³-hybridized carbons (Fsp3) is 0.474. The smallest absolute Gasteiger partial charge is 0.306 e. The minimum atomic E-state index is -0.695. The van der Waals surface area contributed by atoms with Gasteiger partial charge in [-0.25, -0.2) is 4.98 Å². The summed E-state index contributed by atoms with van der Waals surface area (Å²) < 4.78 is 2.14. The van der Waals surface area contributed by atoms with Crippen LogP contribution >= 0.6 is 0 Å². The van der Waals surface area contributed by atoms with Gasteiger partial charge in [0.2, 0.25) is 0 Å². The Morgan fingerprint density at radius 1 is 1.30 bits per heavy atom. The van der Waals surface area contributed by atoms with Crippen LogP contribution < -0.4 is 0 Å². The van der Waals surface area contributed by atoms with E-state index in [0.717, 1.165) is 44.2 Å². The third-order valence-electron chi connectivity index (χ3n) is 4.78. The molecular weight excluding hydrogens is 288 g/mol. The summed E-state index contributed by atoms with van der Waals surface area (Å²) in [7, 11) is 0. The first-order valence-electron chi connectivity index (χ1n) is 8.57. The fourth-order valence-corrected chi connectivity index (χ4v) is 3.45. The molecule has 2 aromatic rings. The summed E-state index contributed by atoms with van der Waals surface area (Å²) in [6.07, 6.45) is 8.27. The number of carbonyl (C=O) groups is 1. The highest BCUT2D eigenvalue weighted by molar-refractivity contribution is 5.70. The second-order valence-electron chi connectivity index (χ2n) is 6.37. The number of unbranched alkanes of at least 4 members (excludes halogenated alkanes) is 2. The Hall–Kier alpha value is -2.10. The molecule has 0 radical (unpaired) electrons. The number of imidazole rings is 1. The highest BCUT2D eigenvalue weighted by atomic mass is 16.4. The monoisotopic (exact) mass is 312 g/mol. The van der Waals surface area contributed by atoms with Crippen LogP contribution in [0.15, 0.2) is 30.6 Å². The zero-order valence-corrected chi connectivity index (χ0v) is 13.7. The second-order valence-corrected chi connectivity index (χ2v) is 6.37. The standard InChI is InChI=1S/C19H24N2O2/c1-2-3-4-8-15(19(22)23)12-16-18-11-10-14-7-5-6-9-17(14)21(18)13-20-16/h5-7,9,13,15H,2-4,8,10-12H2,1H3,(H,22,23). The summed E-state index contributed by atoms with van der Waals surface area (Å²) in [5.41, 5.74) is 4.67. The lowest BCUT2D eigenvalue weighted by atomic mass is 9.93. The molecule has 0 bridgehead atoms. The number of aliphatic carboxylic acids is 1. The Labute approximate surface area is 137 Å². The van der Waals surface area contributed by atoms with E-state index in [-0.39, 0.29) is 5.92 Å². The number of nitrogens with zero attached hydrogens (tertiary/aromatic N) is 2. The summed E-state index contributed by atoms with van der Waals surface area (Å²) in [4.78, 5) is 16.1. The average Bonchev–Trinajstić information content (AvgIpc) is 2.97. The molecule has 4 nitrogen and oxygen atoms in total. The Morgan fingerprint density at radius 3 is 2.91 bits per heavy atom. The van der Waals surface area contributed by atoms with Gasteiger partial charge < -0.3 is 9.67 Å². The van der Waals surface area contributed by atoms with Crippen LogP contribution in [-0.2, 0) is 24.1 Å². The number of rotatable bonds is 7. The zero-order valence-electron chi connectivity index (χ0n) is 13.7. The SMILES string of the molecule is CCCCCC(Cc1ncn2c1CCc1ccccc1-2)C(=O)O. The first-order valence-corrected chi connectivity index (χ1v) is 8.57. The summed E-state index contributed by atoms with van der Waals surface area (Å²) in [5, 5.41) is 9.50. The number of hydrogen-bond donors (Lipinski definition) is 1. The summed E-state index contributed by atoms with van der Waals surface area (Å²) in [5.74, 6) is -1.02. The molecule has 1 aromatic heterocycles. The summed E-state index contributed by atoms with van der Waals surface area (Å²) in [6.45, 7) is 2.14. The molecule has 1 aromatic carbocycles. The van der Waals surface area contributed by atoms with Crippen molar-refractivity contribution in [1.29, 1.82) is 0 Å². The predicted molar refractivity (Wildman–Crippen MR) is 89.9 cm³/mol. The quantitative estimate of drug-likeness (QED) is 0.791. The molecule has 122 valence electrons. The number of para-hydroxylation sites is 1. The molecular formula is C19H24N2O2. The largest absolute Gasteiger partial charge is 0.481 e. The van der Waals surface area contributed by atoms with Crippen LogP contribution in [0.4, 0.5) is 0 Å². The van der Waals surface area contributed by atoms with Gasteiger partial charge in [0.25, 0.3) is 0 Å². The molecule has 0 saturated carbocycles. The Balaban J connectivity index is 1.80. The molecule has 23 heavy (non-hydrogen) atoms. The van der Waals surface area contributed by atoms with E-state index < -0.39 is 5.97 Å². The molecule has 0 saturated heterocycles. The van der Waals surface area contributed by atoms with Gasteiger partial charge in [0.1, 0.15) is 0 Å². The normalized spacial score (nSPS) is 14.1. The zero-order chi connectivity index (χ0) is 16.2. The topological polar surface area (TPSA) is 55.1 Å². The van der Waals surface area contributed by atoms with Crippen molar-refractivity contribution < 1.29 is 9.90 Å². The van der Waals surface area contributed by atoms with Crippen molar-refractivity contribution in [3.05, 3.63) is 47.5 Å². The maximum absolute atomic E-state index is 11.6. The van der Waals surface area contributed by atoms with Crippen molar-refractivity contribution in [3.63, 3.8) is 0 Å². The second kappa shape index (κ2) is 6.99. The third-order valence-corrected chi connectivity index (χ3v) is 4.78. The number of aromatic nitrogens is 2. The number of fused-ring (bicyclic) bond motifs is 3. The number of carboxylic acid groups (broad SMARTS) is 1. The molecule has 1 N–H and O–H groups in total. The molecule has 1 unspecified atom stereocenters. The molecule has 0 amide bonds. The van der Waals surface area contributed by atoms with Crippen LogP contribution in [0.1, 0.15) is 49.6 Å². The van der Waals surface area contributed by atoms with E-state index in [9.17, 15) is 9.90 Å². The average molecular weight is 312 g/mol. The molecule has 0 spiro atoms. The van der Waals surface area contributed by atoms with Crippen LogP contribution in [0.2, 0.25) is 0 Å². The summed E-state index contributed by atoms with van der Waals surface area (Å²) in [6, 6.07) is 8.37.